The van der Waals surface area contributed by atoms with E-state index in [1.807, 2.05) is 0 Å². The third-order valence-corrected chi connectivity index (χ3v) is 3.31. The zero-order chi connectivity index (χ0) is 13.5. The molecule has 1 aliphatic heterocycles. The summed E-state index contributed by atoms with van der Waals surface area (Å²) in [6.07, 6.45) is 7.85. The van der Waals surface area contributed by atoms with Crippen molar-refractivity contribution in [1.82, 2.24) is 9.80 Å². The normalized spacial score (nSPS) is 16.1. The highest BCUT2D eigenvalue weighted by Gasteiger charge is 2.24. The van der Waals surface area contributed by atoms with E-state index < -0.39 is 5.97 Å². The Kier molecular flexibility index (Phi) is 5.50. The van der Waals surface area contributed by atoms with E-state index in [1.165, 1.54) is 4.90 Å². The molecule has 5 heteroatoms. The van der Waals surface area contributed by atoms with Crippen LogP contribution in [0.5, 0.6) is 0 Å². The van der Waals surface area contributed by atoms with Crippen molar-refractivity contribution in [3.8, 4) is 12.3 Å². The molecule has 1 N–H and O–H groups in total. The molecule has 5 nitrogen and oxygen atoms in total. The summed E-state index contributed by atoms with van der Waals surface area (Å²) in [7, 11) is 1.69. The van der Waals surface area contributed by atoms with E-state index in [1.54, 1.807) is 11.9 Å². The third kappa shape index (κ3) is 4.28. The molecule has 0 aromatic heterocycles. The smallest absolute Gasteiger partial charge is 0.320 e. The van der Waals surface area contributed by atoms with Crippen molar-refractivity contribution in [2.24, 2.45) is 5.92 Å². The van der Waals surface area contributed by atoms with E-state index in [0.29, 0.717) is 32.0 Å². The molecule has 1 saturated heterocycles. The van der Waals surface area contributed by atoms with Gasteiger partial charge in [-0.05, 0) is 25.2 Å². The number of hydrogen-bond acceptors (Lipinski definition) is 2. The van der Waals surface area contributed by atoms with Gasteiger partial charge in [0.05, 0.1) is 6.54 Å². The van der Waals surface area contributed by atoms with Gasteiger partial charge in [-0.3, -0.25) is 4.79 Å². The summed E-state index contributed by atoms with van der Waals surface area (Å²) in [6.45, 7) is 1.70. The number of aliphatic carboxylic acids is 1. The second kappa shape index (κ2) is 6.90. The van der Waals surface area contributed by atoms with Gasteiger partial charge in [-0.2, -0.15) is 0 Å². The molecule has 0 unspecified atom stereocenters. The van der Waals surface area contributed by atoms with Crippen molar-refractivity contribution in [2.75, 3.05) is 26.7 Å². The van der Waals surface area contributed by atoms with Crippen molar-refractivity contribution in [1.29, 1.82) is 0 Å². The predicted octanol–water partition coefficient (Wildman–Crippen LogP) is 1.25. The number of carbonyl (C=O) groups excluding carboxylic acids is 1. The fourth-order valence-electron chi connectivity index (χ4n) is 2.19. The topological polar surface area (TPSA) is 60.9 Å². The van der Waals surface area contributed by atoms with Crippen molar-refractivity contribution < 1.29 is 14.7 Å². The van der Waals surface area contributed by atoms with Crippen LogP contribution < -0.4 is 0 Å². The van der Waals surface area contributed by atoms with Gasteiger partial charge >= 0.3 is 12.0 Å². The van der Waals surface area contributed by atoms with E-state index >= 15 is 0 Å². The Morgan fingerprint density at radius 2 is 2.06 bits per heavy atom. The third-order valence-electron chi connectivity index (χ3n) is 3.31. The van der Waals surface area contributed by atoms with Crippen LogP contribution in [-0.2, 0) is 4.79 Å². The maximum Gasteiger partial charge on any atom is 0.320 e. The number of piperidine rings is 1. The van der Waals surface area contributed by atoms with Gasteiger partial charge < -0.3 is 14.9 Å². The Balaban J connectivity index is 2.33. The molecule has 2 amide bonds. The first kappa shape index (κ1) is 14.4. The fraction of sp³-hybridized carbons (Fsp3) is 0.692. The minimum absolute atomic E-state index is 0.0374. The van der Waals surface area contributed by atoms with Crippen LogP contribution in [0.3, 0.4) is 0 Å². The predicted molar refractivity (Wildman–Crippen MR) is 68.0 cm³/mol. The number of nitrogens with zero attached hydrogens (tertiary/aromatic N) is 2. The molecule has 0 saturated carbocycles. The highest BCUT2D eigenvalue weighted by atomic mass is 16.4. The molecular formula is C13H20N2O3. The molecule has 0 spiro atoms. The molecular weight excluding hydrogens is 232 g/mol. The average molecular weight is 252 g/mol. The van der Waals surface area contributed by atoms with Crippen molar-refractivity contribution in [3.63, 3.8) is 0 Å². The highest BCUT2D eigenvalue weighted by Crippen LogP contribution is 2.22. The molecule has 18 heavy (non-hydrogen) atoms. The van der Waals surface area contributed by atoms with Gasteiger partial charge in [0.2, 0.25) is 0 Å². The van der Waals surface area contributed by atoms with Gasteiger partial charge in [0, 0.05) is 26.6 Å². The number of carbonyl (C=O) groups is 2. The molecule has 1 aliphatic rings. The largest absolute Gasteiger partial charge is 0.481 e. The summed E-state index contributed by atoms with van der Waals surface area (Å²) >= 11 is 0. The maximum atomic E-state index is 11.9. The van der Waals surface area contributed by atoms with E-state index in [-0.39, 0.29) is 12.5 Å². The van der Waals surface area contributed by atoms with Crippen molar-refractivity contribution in [2.45, 2.75) is 25.7 Å². The zero-order valence-corrected chi connectivity index (χ0v) is 10.8. The molecule has 0 aromatic rings. The second-order valence-corrected chi connectivity index (χ2v) is 4.71. The quantitative estimate of drug-likeness (QED) is 0.766. The highest BCUT2D eigenvalue weighted by molar-refractivity contribution is 5.74. The number of likely N-dealkylation sites (tertiary alicyclic amines) is 1. The number of carboxylic acids is 1. The molecule has 1 rings (SSSR count). The molecule has 0 atom stereocenters. The van der Waals surface area contributed by atoms with Crippen molar-refractivity contribution in [3.05, 3.63) is 0 Å². The Bertz CT molecular complexity index is 341. The standard InChI is InChI=1S/C13H20N2O3/c1-3-8-14(2)13(18)15-9-6-11(7-10-15)4-5-12(16)17/h1,11H,4-10H2,2H3,(H,16,17). The first-order chi connectivity index (χ1) is 8.54. The number of terminal acetylenes is 1. The van der Waals surface area contributed by atoms with Gasteiger partial charge in [0.1, 0.15) is 0 Å². The van der Waals surface area contributed by atoms with Crippen LogP contribution in [0, 0.1) is 18.3 Å². The van der Waals surface area contributed by atoms with Gasteiger partial charge in [0.15, 0.2) is 0 Å². The lowest BCUT2D eigenvalue weighted by Crippen LogP contribution is -2.45. The molecule has 0 radical (unpaired) electrons. The Labute approximate surface area is 108 Å². The summed E-state index contributed by atoms with van der Waals surface area (Å²) in [5.41, 5.74) is 0. The zero-order valence-electron chi connectivity index (χ0n) is 10.8. The number of urea groups is 1. The number of amides is 2. The lowest BCUT2D eigenvalue weighted by Gasteiger charge is -2.34. The van der Waals surface area contributed by atoms with Crippen LogP contribution in [0.4, 0.5) is 4.79 Å². The lowest BCUT2D eigenvalue weighted by atomic mass is 9.92. The molecule has 1 fully saturated rings. The van der Waals surface area contributed by atoms with Crippen LogP contribution >= 0.6 is 0 Å². The van der Waals surface area contributed by atoms with E-state index in [4.69, 9.17) is 11.5 Å². The Hall–Kier alpha value is -1.70. The number of carboxylic acid groups (broad SMARTS) is 1. The minimum Gasteiger partial charge on any atom is -0.481 e. The van der Waals surface area contributed by atoms with E-state index in [2.05, 4.69) is 5.92 Å². The first-order valence-corrected chi connectivity index (χ1v) is 6.20. The molecule has 0 bridgehead atoms. The van der Waals surface area contributed by atoms with Crippen LogP contribution in [0.25, 0.3) is 0 Å². The molecule has 100 valence electrons. The van der Waals surface area contributed by atoms with Crippen LogP contribution in [0.15, 0.2) is 0 Å². The van der Waals surface area contributed by atoms with Gasteiger partial charge in [-0.25, -0.2) is 4.79 Å². The molecule has 1 heterocycles. The number of hydrogen-bond donors (Lipinski definition) is 1. The molecule has 0 aliphatic carbocycles. The maximum absolute atomic E-state index is 11.9. The SMILES string of the molecule is C#CCN(C)C(=O)N1CCC(CCC(=O)O)CC1. The fourth-order valence-corrected chi connectivity index (χ4v) is 2.19. The van der Waals surface area contributed by atoms with Crippen LogP contribution in [0.1, 0.15) is 25.7 Å². The summed E-state index contributed by atoms with van der Waals surface area (Å²) in [4.78, 5) is 25.7. The minimum atomic E-state index is -0.748. The average Bonchev–Trinajstić information content (AvgIpc) is 2.36. The Morgan fingerprint density at radius 3 is 2.56 bits per heavy atom. The van der Waals surface area contributed by atoms with E-state index in [9.17, 15) is 9.59 Å². The van der Waals surface area contributed by atoms with Crippen molar-refractivity contribution >= 4 is 12.0 Å². The summed E-state index contributed by atoms with van der Waals surface area (Å²) in [6, 6.07) is -0.0374. The monoisotopic (exact) mass is 252 g/mol. The summed E-state index contributed by atoms with van der Waals surface area (Å²) in [5.74, 6) is 2.11. The number of rotatable bonds is 4. The van der Waals surface area contributed by atoms with Gasteiger partial charge in [-0.1, -0.05) is 5.92 Å². The van der Waals surface area contributed by atoms with Crippen LogP contribution in [-0.4, -0.2) is 53.6 Å². The van der Waals surface area contributed by atoms with E-state index in [0.717, 1.165) is 12.8 Å². The van der Waals surface area contributed by atoms with Gasteiger partial charge in [-0.15, -0.1) is 6.42 Å². The van der Waals surface area contributed by atoms with Gasteiger partial charge in [0.25, 0.3) is 0 Å². The Morgan fingerprint density at radius 1 is 1.44 bits per heavy atom. The second-order valence-electron chi connectivity index (χ2n) is 4.71. The summed E-state index contributed by atoms with van der Waals surface area (Å²) < 4.78 is 0. The van der Waals surface area contributed by atoms with Crippen LogP contribution in [0.2, 0.25) is 0 Å². The first-order valence-electron chi connectivity index (χ1n) is 6.20. The summed E-state index contributed by atoms with van der Waals surface area (Å²) in [5, 5.41) is 8.63. The molecule has 0 aromatic carbocycles. The lowest BCUT2D eigenvalue weighted by molar-refractivity contribution is -0.137.